The maximum atomic E-state index is 13.2. The number of anilines is 1. The Hall–Kier alpha value is -2.24. The normalized spacial score (nSPS) is 21.3. The predicted octanol–water partition coefficient (Wildman–Crippen LogP) is 3.42. The molecule has 0 aromatic heterocycles. The van der Waals surface area contributed by atoms with Crippen molar-refractivity contribution in [3.8, 4) is 0 Å². The minimum absolute atomic E-state index is 0.00215. The maximum Gasteiger partial charge on any atom is 0.257 e. The second kappa shape index (κ2) is 7.98. The largest absolute Gasteiger partial charge is 0.327 e. The third kappa shape index (κ3) is 3.64. The Labute approximate surface area is 153 Å². The highest BCUT2D eigenvalue weighted by Gasteiger charge is 2.46. The Morgan fingerprint density at radius 2 is 1.81 bits per heavy atom. The van der Waals surface area contributed by atoms with E-state index in [-0.39, 0.29) is 30.2 Å². The van der Waals surface area contributed by atoms with Crippen LogP contribution in [0.4, 0.5) is 10.1 Å². The first-order chi connectivity index (χ1) is 12.5. The van der Waals surface area contributed by atoms with Gasteiger partial charge in [-0.15, -0.1) is 0 Å². The second-order valence-electron chi connectivity index (χ2n) is 7.11. The molecule has 0 spiro atoms. The third-order valence-electron chi connectivity index (χ3n) is 5.26. The zero-order valence-electron chi connectivity index (χ0n) is 15.1. The fourth-order valence-corrected chi connectivity index (χ4v) is 4.03. The first-order valence-electron chi connectivity index (χ1n) is 9.46. The summed E-state index contributed by atoms with van der Waals surface area (Å²) in [7, 11) is 0. The molecule has 5 nitrogen and oxygen atoms in total. The molecule has 1 heterocycles. The van der Waals surface area contributed by atoms with Gasteiger partial charge in [-0.3, -0.25) is 14.4 Å². The smallest absolute Gasteiger partial charge is 0.257 e. The van der Waals surface area contributed by atoms with Gasteiger partial charge in [-0.2, -0.15) is 0 Å². The van der Waals surface area contributed by atoms with Gasteiger partial charge in [0.05, 0.1) is 12.1 Å². The Bertz CT molecular complexity index is 683. The highest BCUT2D eigenvalue weighted by molar-refractivity contribution is 6.23. The number of carbonyl (C=O) groups excluding carboxylic acids is 3. The van der Waals surface area contributed by atoms with Crippen molar-refractivity contribution >= 4 is 23.4 Å². The van der Waals surface area contributed by atoms with E-state index in [0.29, 0.717) is 18.5 Å². The number of benzene rings is 1. The van der Waals surface area contributed by atoms with E-state index in [2.05, 4.69) is 0 Å². The van der Waals surface area contributed by atoms with Gasteiger partial charge in [0, 0.05) is 12.5 Å². The fraction of sp³-hybridized carbons (Fsp3) is 0.550. The van der Waals surface area contributed by atoms with Crippen LogP contribution in [0.1, 0.15) is 58.3 Å². The quantitative estimate of drug-likeness (QED) is 0.756. The molecule has 1 aliphatic heterocycles. The lowest BCUT2D eigenvalue weighted by molar-refractivity contribution is -0.141. The van der Waals surface area contributed by atoms with Crippen molar-refractivity contribution < 1.29 is 18.8 Å². The summed E-state index contributed by atoms with van der Waals surface area (Å²) in [6, 6.07) is 4.58. The van der Waals surface area contributed by atoms with Gasteiger partial charge in [0.1, 0.15) is 11.9 Å². The molecule has 3 amide bonds. The van der Waals surface area contributed by atoms with Crippen LogP contribution in [0.3, 0.4) is 0 Å². The van der Waals surface area contributed by atoms with E-state index in [9.17, 15) is 18.8 Å². The summed E-state index contributed by atoms with van der Waals surface area (Å²) >= 11 is 0. The molecule has 6 heteroatoms. The van der Waals surface area contributed by atoms with E-state index >= 15 is 0 Å². The molecule has 3 rings (SSSR count). The Balaban J connectivity index is 1.87. The van der Waals surface area contributed by atoms with Crippen LogP contribution in [0, 0.1) is 5.82 Å². The van der Waals surface area contributed by atoms with Gasteiger partial charge < -0.3 is 4.90 Å². The van der Waals surface area contributed by atoms with Crippen molar-refractivity contribution in [3.63, 3.8) is 0 Å². The maximum absolute atomic E-state index is 13.2. The molecule has 2 aliphatic rings. The van der Waals surface area contributed by atoms with Gasteiger partial charge in [0.2, 0.25) is 11.8 Å². The number of halogens is 1. The summed E-state index contributed by atoms with van der Waals surface area (Å²) in [5, 5.41) is 0. The minimum atomic E-state index is -0.741. The summed E-state index contributed by atoms with van der Waals surface area (Å²) in [6.45, 7) is 1.93. The number of hydrogen-bond acceptors (Lipinski definition) is 3. The molecule has 1 unspecified atom stereocenters. The van der Waals surface area contributed by atoms with Gasteiger partial charge in [-0.1, -0.05) is 26.2 Å². The number of imide groups is 1. The van der Waals surface area contributed by atoms with Crippen LogP contribution in [0.25, 0.3) is 0 Å². The van der Waals surface area contributed by atoms with Gasteiger partial charge in [0.25, 0.3) is 5.91 Å². The van der Waals surface area contributed by atoms with Gasteiger partial charge in [-0.25, -0.2) is 9.29 Å². The second-order valence-corrected chi connectivity index (χ2v) is 7.11. The lowest BCUT2D eigenvalue weighted by atomic mass is 9.92. The van der Waals surface area contributed by atoms with Crippen LogP contribution in [0.2, 0.25) is 0 Å². The molecule has 0 radical (unpaired) electrons. The third-order valence-corrected chi connectivity index (χ3v) is 5.26. The first kappa shape index (κ1) is 18.5. The average molecular weight is 360 g/mol. The summed E-state index contributed by atoms with van der Waals surface area (Å²) < 4.78 is 13.2. The van der Waals surface area contributed by atoms with E-state index in [1.54, 1.807) is 4.90 Å². The molecule has 26 heavy (non-hydrogen) atoms. The van der Waals surface area contributed by atoms with E-state index in [1.165, 1.54) is 24.3 Å². The molecule has 1 atom stereocenters. The SMILES string of the molecule is CCCC(=O)N(C1CCCCC1)C1CC(=O)N(c2ccc(F)cc2)C1=O. The van der Waals surface area contributed by atoms with Crippen molar-refractivity contribution in [1.29, 1.82) is 0 Å². The Morgan fingerprint density at radius 1 is 1.15 bits per heavy atom. The number of hydrogen-bond donors (Lipinski definition) is 0. The summed E-state index contributed by atoms with van der Waals surface area (Å²) in [5.74, 6) is -1.19. The molecule has 140 valence electrons. The van der Waals surface area contributed by atoms with E-state index in [4.69, 9.17) is 0 Å². The highest BCUT2D eigenvalue weighted by atomic mass is 19.1. The number of nitrogens with zero attached hydrogens (tertiary/aromatic N) is 2. The minimum Gasteiger partial charge on any atom is -0.327 e. The standard InChI is InChI=1S/C20H25FN2O3/c1-2-6-18(24)22(15-7-4-3-5-8-15)17-13-19(25)23(20(17)26)16-11-9-14(21)10-12-16/h9-12,15,17H,2-8,13H2,1H3. The topological polar surface area (TPSA) is 57.7 Å². The van der Waals surface area contributed by atoms with Crippen LogP contribution < -0.4 is 4.90 Å². The van der Waals surface area contributed by atoms with Gasteiger partial charge in [-0.05, 0) is 43.5 Å². The molecule has 1 aromatic carbocycles. The molecule has 0 bridgehead atoms. The zero-order valence-corrected chi connectivity index (χ0v) is 15.1. The molecular weight excluding hydrogens is 335 g/mol. The van der Waals surface area contributed by atoms with Crippen molar-refractivity contribution in [2.45, 2.75) is 70.4 Å². The number of carbonyl (C=O) groups is 3. The molecule has 1 aliphatic carbocycles. The average Bonchev–Trinajstić information content (AvgIpc) is 2.92. The van der Waals surface area contributed by atoms with Crippen molar-refractivity contribution in [3.05, 3.63) is 30.1 Å². The molecule has 1 aromatic rings. The van der Waals surface area contributed by atoms with Crippen LogP contribution >= 0.6 is 0 Å². The molecule has 0 N–H and O–H groups in total. The number of amides is 3. The first-order valence-corrected chi connectivity index (χ1v) is 9.46. The molecule has 1 saturated carbocycles. The van der Waals surface area contributed by atoms with Crippen molar-refractivity contribution in [2.24, 2.45) is 0 Å². The van der Waals surface area contributed by atoms with Crippen molar-refractivity contribution in [2.75, 3.05) is 4.90 Å². The van der Waals surface area contributed by atoms with Gasteiger partial charge >= 0.3 is 0 Å². The predicted molar refractivity (Wildman–Crippen MR) is 95.9 cm³/mol. The fourth-order valence-electron chi connectivity index (χ4n) is 4.03. The molecule has 1 saturated heterocycles. The highest BCUT2D eigenvalue weighted by Crippen LogP contribution is 2.31. The van der Waals surface area contributed by atoms with E-state index in [1.807, 2.05) is 6.92 Å². The van der Waals surface area contributed by atoms with Crippen LogP contribution in [-0.2, 0) is 14.4 Å². The molecular formula is C20H25FN2O3. The van der Waals surface area contributed by atoms with Crippen LogP contribution in [0.15, 0.2) is 24.3 Å². The summed E-state index contributed by atoms with van der Waals surface area (Å²) in [6.07, 6.45) is 6.07. The van der Waals surface area contributed by atoms with Crippen LogP contribution in [-0.4, -0.2) is 34.7 Å². The van der Waals surface area contributed by atoms with E-state index in [0.717, 1.165) is 37.0 Å². The lowest BCUT2D eigenvalue weighted by Gasteiger charge is -2.37. The monoisotopic (exact) mass is 360 g/mol. The van der Waals surface area contributed by atoms with E-state index < -0.39 is 11.9 Å². The Kier molecular flexibility index (Phi) is 5.69. The van der Waals surface area contributed by atoms with Crippen LogP contribution in [0.5, 0.6) is 0 Å². The summed E-state index contributed by atoms with van der Waals surface area (Å²) in [5.41, 5.74) is 0.357. The lowest BCUT2D eigenvalue weighted by Crippen LogP contribution is -2.51. The van der Waals surface area contributed by atoms with Crippen molar-refractivity contribution in [1.82, 2.24) is 4.90 Å². The zero-order chi connectivity index (χ0) is 18.7. The Morgan fingerprint density at radius 3 is 2.42 bits per heavy atom. The number of rotatable bonds is 5. The summed E-state index contributed by atoms with van der Waals surface area (Å²) in [4.78, 5) is 41.1. The molecule has 2 fully saturated rings. The van der Waals surface area contributed by atoms with Gasteiger partial charge in [0.15, 0.2) is 0 Å².